The molecule has 25 heteroatoms. The number of anilines is 2. The molecule has 3 aromatic carbocycles. The monoisotopic (exact) mass is 1190 g/mol. The fraction of sp³-hybridized carbons (Fsp3) is 0.607. The maximum Gasteiger partial charge on any atom is 0.410 e. The van der Waals surface area contributed by atoms with Crippen molar-refractivity contribution in [2.75, 3.05) is 94.9 Å². The third-order valence-electron chi connectivity index (χ3n) is 13.3. The minimum absolute atomic E-state index is 0.0174. The number of amides is 3. The van der Waals surface area contributed by atoms with E-state index in [1.807, 2.05) is 105 Å². The van der Waals surface area contributed by atoms with Crippen molar-refractivity contribution >= 4 is 59.9 Å². The van der Waals surface area contributed by atoms with Gasteiger partial charge in [-0.15, -0.1) is 0 Å². The van der Waals surface area contributed by atoms with Gasteiger partial charge in [0.1, 0.15) is 16.8 Å². The molecule has 0 aromatic heterocycles. The van der Waals surface area contributed by atoms with E-state index in [0.717, 1.165) is 18.5 Å². The zero-order chi connectivity index (χ0) is 60.7. The quantitative estimate of drug-likeness (QED) is 0.142. The van der Waals surface area contributed by atoms with Crippen LogP contribution in [0.1, 0.15) is 93.6 Å². The van der Waals surface area contributed by atoms with Gasteiger partial charge in [0, 0.05) is 98.7 Å². The van der Waals surface area contributed by atoms with E-state index in [1.165, 1.54) is 31.3 Å². The largest absolute Gasteiger partial charge is 0.444 e. The Kier molecular flexibility index (Phi) is 24.1. The number of nitriles is 1. The van der Waals surface area contributed by atoms with E-state index in [2.05, 4.69) is 6.19 Å². The van der Waals surface area contributed by atoms with Gasteiger partial charge in [-0.05, 0) is 124 Å². The predicted molar refractivity (Wildman–Crippen MR) is 315 cm³/mol. The van der Waals surface area contributed by atoms with E-state index in [9.17, 15) is 39.6 Å². The SMILES string of the molecule is CC(C)(C)OC(=O)N1CCC(CS(=O)(=O)Cc2ccccc2)C1.CC(C)(C)OC(=O)N1CCC(N)C1.CN(c1ccccc1)S(=O)(=O)N(C)C1CCN(C#N)C1.CN(c1ccccc1)S(=O)(=O)N(C)C1CCN(C(=O)OC(C)(C)C)C1. The third-order valence-corrected chi connectivity index (χ3v) is 19.0. The summed E-state index contributed by atoms with van der Waals surface area (Å²) < 4.78 is 96.6. The molecule has 4 aliphatic rings. The smallest absolute Gasteiger partial charge is 0.410 e. The normalized spacial score (nSPS) is 19.5. The molecule has 0 aliphatic carbocycles. The summed E-state index contributed by atoms with van der Waals surface area (Å²) in [4.78, 5) is 42.0. The van der Waals surface area contributed by atoms with Crippen molar-refractivity contribution in [1.82, 2.24) is 28.2 Å². The summed E-state index contributed by atoms with van der Waals surface area (Å²) in [6, 6.07) is 26.7. The van der Waals surface area contributed by atoms with Crippen molar-refractivity contribution in [3.05, 3.63) is 96.6 Å². The number of sulfone groups is 1. The number of nitrogens with two attached hydrogens (primary N) is 1. The molecule has 0 saturated carbocycles. The van der Waals surface area contributed by atoms with Crippen LogP contribution in [0.15, 0.2) is 91.0 Å². The van der Waals surface area contributed by atoms with Gasteiger partial charge in [-0.2, -0.15) is 30.7 Å². The minimum Gasteiger partial charge on any atom is -0.444 e. The molecular weight excluding hydrogens is 1100 g/mol. The zero-order valence-electron chi connectivity index (χ0n) is 49.6. The summed E-state index contributed by atoms with van der Waals surface area (Å²) in [5.74, 6) is 0.147. The molecule has 81 heavy (non-hydrogen) atoms. The van der Waals surface area contributed by atoms with E-state index >= 15 is 0 Å². The van der Waals surface area contributed by atoms with Crippen LogP contribution in [0.2, 0.25) is 0 Å². The molecule has 0 bridgehead atoms. The molecular formula is C56H88N10O12S3. The molecule has 4 heterocycles. The van der Waals surface area contributed by atoms with Gasteiger partial charge in [-0.1, -0.05) is 66.7 Å². The highest BCUT2D eigenvalue weighted by molar-refractivity contribution is 7.91. The standard InChI is InChI=1S/C17H27N3O4S.C17H25NO4S.C13H18N4O2S.C9H18N2O2/c1-17(2,3)24-16(21)20-12-11-15(13-20)19(5)25(22,23)18(4)14-9-7-6-8-10-14;1-17(2,3)22-16(19)18-10-9-15(11-18)13-23(20,21)12-14-7-5-4-6-8-14;1-15(12-6-4-3-5-7-12)20(18,19)16(2)13-8-9-17(10-13)11-14;1-9(2,3)13-8(12)11-5-4-7(10)6-11/h6-10,15H,11-13H2,1-5H3;4-8,15H,9-13H2,1-3H3;3-7,13H,8-10H2,1-2H3;7H,4-6,10H2,1-3H3. The van der Waals surface area contributed by atoms with Gasteiger partial charge in [0.15, 0.2) is 16.0 Å². The van der Waals surface area contributed by atoms with Crippen LogP contribution in [-0.2, 0) is 50.2 Å². The molecule has 4 saturated heterocycles. The lowest BCUT2D eigenvalue weighted by Gasteiger charge is -2.30. The molecule has 4 unspecified atom stereocenters. The average Bonchev–Trinajstić information content (AvgIpc) is 4.35. The van der Waals surface area contributed by atoms with Crippen LogP contribution in [0.3, 0.4) is 0 Å². The van der Waals surface area contributed by atoms with Gasteiger partial charge < -0.3 is 39.5 Å². The maximum absolute atomic E-state index is 12.8. The Morgan fingerprint density at radius 2 is 0.914 bits per heavy atom. The van der Waals surface area contributed by atoms with Crippen LogP contribution in [0.4, 0.5) is 25.8 Å². The summed E-state index contributed by atoms with van der Waals surface area (Å²) in [6.45, 7) is 20.7. The molecule has 2 N–H and O–H groups in total. The number of nitrogens with zero attached hydrogens (tertiary/aromatic N) is 9. The van der Waals surface area contributed by atoms with Gasteiger partial charge in [-0.25, -0.2) is 22.8 Å². The van der Waals surface area contributed by atoms with Crippen LogP contribution in [0.5, 0.6) is 0 Å². The third kappa shape index (κ3) is 21.7. The van der Waals surface area contributed by atoms with E-state index < -0.39 is 53.2 Å². The summed E-state index contributed by atoms with van der Waals surface area (Å²) >= 11 is 0. The summed E-state index contributed by atoms with van der Waals surface area (Å²) in [5.41, 5.74) is 6.18. The van der Waals surface area contributed by atoms with Crippen molar-refractivity contribution in [3.63, 3.8) is 0 Å². The summed E-state index contributed by atoms with van der Waals surface area (Å²) in [6.07, 6.45) is 3.87. The molecule has 3 aromatic rings. The lowest BCUT2D eigenvalue weighted by atomic mass is 10.2. The molecule has 4 atom stereocenters. The second kappa shape index (κ2) is 28.9. The zero-order valence-corrected chi connectivity index (χ0v) is 52.0. The number of rotatable bonds is 12. The number of likely N-dealkylation sites (N-methyl/N-ethyl adjacent to an activating group) is 2. The molecule has 4 aliphatic heterocycles. The van der Waals surface area contributed by atoms with Crippen molar-refractivity contribution in [3.8, 4) is 6.19 Å². The van der Waals surface area contributed by atoms with Crippen molar-refractivity contribution < 1.29 is 53.8 Å². The first kappa shape index (κ1) is 67.6. The molecule has 7 rings (SSSR count). The Hall–Kier alpha value is -5.91. The highest BCUT2D eigenvalue weighted by Gasteiger charge is 2.39. The first-order chi connectivity index (χ1) is 37.5. The van der Waals surface area contributed by atoms with Gasteiger partial charge in [0.2, 0.25) is 0 Å². The van der Waals surface area contributed by atoms with E-state index in [1.54, 1.807) is 82.2 Å². The Morgan fingerprint density at radius 1 is 0.543 bits per heavy atom. The van der Waals surface area contributed by atoms with Crippen LogP contribution >= 0.6 is 0 Å². The lowest BCUT2D eigenvalue weighted by molar-refractivity contribution is 0.0278. The highest BCUT2D eigenvalue weighted by Crippen LogP contribution is 2.26. The second-order valence-electron chi connectivity index (χ2n) is 23.6. The van der Waals surface area contributed by atoms with Gasteiger partial charge in [0.05, 0.1) is 22.9 Å². The fourth-order valence-electron chi connectivity index (χ4n) is 8.95. The summed E-state index contributed by atoms with van der Waals surface area (Å²) in [5, 5.41) is 8.85. The van der Waals surface area contributed by atoms with Crippen molar-refractivity contribution in [1.29, 1.82) is 5.26 Å². The number of hydrogen-bond acceptors (Lipinski definition) is 15. The first-order valence-electron chi connectivity index (χ1n) is 27.1. The van der Waals surface area contributed by atoms with Crippen LogP contribution in [-0.4, -0.2) is 193 Å². The fourth-order valence-corrected chi connectivity index (χ4v) is 13.4. The van der Waals surface area contributed by atoms with Crippen LogP contribution in [0.25, 0.3) is 0 Å². The Bertz CT molecular complexity index is 2880. The van der Waals surface area contributed by atoms with Crippen LogP contribution < -0.4 is 14.3 Å². The Morgan fingerprint density at radius 3 is 1.31 bits per heavy atom. The van der Waals surface area contributed by atoms with Gasteiger partial charge in [-0.3, -0.25) is 8.61 Å². The number of benzene rings is 3. The summed E-state index contributed by atoms with van der Waals surface area (Å²) in [7, 11) is -4.24. The molecule has 3 amide bonds. The number of carbonyl (C=O) groups excluding carboxylic acids is 3. The number of likely N-dealkylation sites (tertiary alicyclic amines) is 4. The van der Waals surface area contributed by atoms with Crippen molar-refractivity contribution in [2.45, 2.75) is 129 Å². The lowest BCUT2D eigenvalue weighted by Crippen LogP contribution is -2.46. The van der Waals surface area contributed by atoms with E-state index in [-0.39, 0.29) is 47.7 Å². The van der Waals surface area contributed by atoms with Crippen LogP contribution in [0, 0.1) is 17.4 Å². The van der Waals surface area contributed by atoms with Crippen molar-refractivity contribution in [2.24, 2.45) is 11.7 Å². The predicted octanol–water partition coefficient (Wildman–Crippen LogP) is 6.98. The minimum atomic E-state index is -3.67. The molecule has 22 nitrogen and oxygen atoms in total. The highest BCUT2D eigenvalue weighted by atomic mass is 32.2. The first-order valence-corrected chi connectivity index (χ1v) is 31.8. The van der Waals surface area contributed by atoms with Gasteiger partial charge >= 0.3 is 38.7 Å². The number of para-hydroxylation sites is 2. The van der Waals surface area contributed by atoms with E-state index in [4.69, 9.17) is 25.2 Å². The molecule has 0 spiro atoms. The Labute approximate surface area is 482 Å². The number of carbonyl (C=O) groups is 3. The number of ether oxygens (including phenoxy) is 3. The number of hydrogen-bond donors (Lipinski definition) is 1. The molecule has 0 radical (unpaired) electrons. The average molecular weight is 1190 g/mol. The van der Waals surface area contributed by atoms with Gasteiger partial charge in [0.25, 0.3) is 0 Å². The molecule has 4 fully saturated rings. The molecule has 452 valence electrons. The maximum atomic E-state index is 12.8. The Balaban J connectivity index is 0.000000237. The topological polar surface area (TPSA) is 257 Å². The second-order valence-corrected chi connectivity index (χ2v) is 29.8. The van der Waals surface area contributed by atoms with E-state index in [0.29, 0.717) is 76.5 Å².